The predicted octanol–water partition coefficient (Wildman–Crippen LogP) is 2.58. The number of carboxylic acid groups (broad SMARTS) is 1. The van der Waals surface area contributed by atoms with Crippen molar-refractivity contribution in [3.8, 4) is 17.0 Å². The van der Waals surface area contributed by atoms with Crippen molar-refractivity contribution < 1.29 is 14.6 Å². The van der Waals surface area contributed by atoms with Gasteiger partial charge in [0.25, 0.3) is 0 Å². The minimum atomic E-state index is -0.923. The van der Waals surface area contributed by atoms with Crippen molar-refractivity contribution in [3.05, 3.63) is 21.7 Å². The highest BCUT2D eigenvalue weighted by molar-refractivity contribution is 7.12. The average Bonchev–Trinajstić information content (AvgIpc) is 2.85. The van der Waals surface area contributed by atoms with Gasteiger partial charge in [-0.25, -0.2) is 4.79 Å². The number of carboxylic acids is 1. The second kappa shape index (κ2) is 4.00. The molecule has 0 bridgehead atoms. The summed E-state index contributed by atoms with van der Waals surface area (Å²) < 4.78 is 9.08. The number of methoxy groups -OCH3 is 1. The zero-order chi connectivity index (χ0) is 10.8. The van der Waals surface area contributed by atoms with Gasteiger partial charge in [-0.1, -0.05) is 0 Å². The van der Waals surface area contributed by atoms with Crippen molar-refractivity contribution >= 4 is 28.8 Å². The number of hydrogen-bond acceptors (Lipinski definition) is 5. The second-order valence-corrected chi connectivity index (χ2v) is 4.25. The lowest BCUT2D eigenvalue weighted by atomic mass is 10.1. The van der Waals surface area contributed by atoms with E-state index in [4.69, 9.17) is 9.84 Å². The van der Waals surface area contributed by atoms with E-state index in [-0.39, 0.29) is 0 Å². The molecule has 0 saturated heterocycles. The van der Waals surface area contributed by atoms with E-state index in [2.05, 4.69) is 4.37 Å². The molecule has 0 unspecified atom stereocenters. The number of thiophene rings is 1. The summed E-state index contributed by atoms with van der Waals surface area (Å²) in [6, 6.07) is 1.76. The summed E-state index contributed by atoms with van der Waals surface area (Å²) in [5, 5.41) is 12.5. The van der Waals surface area contributed by atoms with E-state index in [0.717, 1.165) is 5.56 Å². The van der Waals surface area contributed by atoms with E-state index in [1.807, 2.05) is 0 Å². The van der Waals surface area contributed by atoms with Crippen molar-refractivity contribution in [1.29, 1.82) is 0 Å². The molecule has 0 fully saturated rings. The first-order valence-electron chi connectivity index (χ1n) is 4.03. The standard InChI is InChI=1S/C9H7NO3S2/c1-13-8-6(4-15-10-8)5-2-3-14-7(5)9(11)12/h2-4H,1H3,(H,11,12). The van der Waals surface area contributed by atoms with Gasteiger partial charge in [-0.2, -0.15) is 4.37 Å². The van der Waals surface area contributed by atoms with E-state index in [1.54, 1.807) is 16.8 Å². The Hall–Kier alpha value is -1.40. The molecule has 0 amide bonds. The highest BCUT2D eigenvalue weighted by atomic mass is 32.1. The van der Waals surface area contributed by atoms with Gasteiger partial charge in [0.1, 0.15) is 4.88 Å². The molecule has 0 saturated carbocycles. The summed E-state index contributed by atoms with van der Waals surface area (Å²) in [6.45, 7) is 0. The third-order valence-electron chi connectivity index (χ3n) is 1.88. The number of hydrogen-bond donors (Lipinski definition) is 1. The van der Waals surface area contributed by atoms with Crippen LogP contribution >= 0.6 is 22.9 Å². The zero-order valence-electron chi connectivity index (χ0n) is 7.76. The van der Waals surface area contributed by atoms with Gasteiger partial charge in [-0.15, -0.1) is 11.3 Å². The van der Waals surface area contributed by atoms with E-state index in [0.29, 0.717) is 16.3 Å². The third-order valence-corrected chi connectivity index (χ3v) is 3.39. The number of aromatic carboxylic acids is 1. The molecule has 0 spiro atoms. The normalized spacial score (nSPS) is 10.2. The van der Waals surface area contributed by atoms with E-state index >= 15 is 0 Å². The van der Waals surface area contributed by atoms with Gasteiger partial charge in [-0.3, -0.25) is 0 Å². The Balaban J connectivity index is 2.54. The molecule has 0 aromatic carbocycles. The molecule has 15 heavy (non-hydrogen) atoms. The van der Waals surface area contributed by atoms with Crippen molar-refractivity contribution in [2.45, 2.75) is 0 Å². The van der Waals surface area contributed by atoms with E-state index in [9.17, 15) is 4.79 Å². The Morgan fingerprint density at radius 2 is 2.33 bits per heavy atom. The van der Waals surface area contributed by atoms with Crippen LogP contribution in [-0.4, -0.2) is 22.6 Å². The molecular weight excluding hydrogens is 234 g/mol. The predicted molar refractivity (Wildman–Crippen MR) is 58.9 cm³/mol. The lowest BCUT2D eigenvalue weighted by Crippen LogP contribution is -1.94. The molecule has 2 heterocycles. The smallest absolute Gasteiger partial charge is 0.346 e. The molecule has 6 heteroatoms. The molecule has 4 nitrogen and oxygen atoms in total. The number of ether oxygens (including phenoxy) is 1. The number of nitrogens with zero attached hydrogens (tertiary/aromatic N) is 1. The van der Waals surface area contributed by atoms with E-state index in [1.165, 1.54) is 30.0 Å². The van der Waals surface area contributed by atoms with Crippen molar-refractivity contribution in [2.75, 3.05) is 7.11 Å². The lowest BCUT2D eigenvalue weighted by Gasteiger charge is -1.99. The van der Waals surface area contributed by atoms with Gasteiger partial charge in [0.15, 0.2) is 0 Å². The molecule has 0 atom stereocenters. The Labute approximate surface area is 93.9 Å². The van der Waals surface area contributed by atoms with E-state index < -0.39 is 5.97 Å². The lowest BCUT2D eigenvalue weighted by molar-refractivity contribution is 0.0703. The van der Waals surface area contributed by atoms with Crippen molar-refractivity contribution in [1.82, 2.24) is 4.37 Å². The Bertz CT molecular complexity index is 489. The summed E-state index contributed by atoms with van der Waals surface area (Å²) in [5.74, 6) is -0.450. The fourth-order valence-corrected chi connectivity index (χ4v) is 2.64. The van der Waals surface area contributed by atoms with Crippen molar-refractivity contribution in [3.63, 3.8) is 0 Å². The summed E-state index contributed by atoms with van der Waals surface area (Å²) in [7, 11) is 1.52. The van der Waals surface area contributed by atoms with Crippen LogP contribution in [0.25, 0.3) is 11.1 Å². The van der Waals surface area contributed by atoms with Gasteiger partial charge in [0, 0.05) is 10.9 Å². The fourth-order valence-electron chi connectivity index (χ4n) is 1.24. The van der Waals surface area contributed by atoms with Crippen LogP contribution < -0.4 is 4.74 Å². The Morgan fingerprint density at radius 3 is 3.00 bits per heavy atom. The van der Waals surface area contributed by atoms with Crippen molar-refractivity contribution in [2.24, 2.45) is 0 Å². The molecule has 0 aliphatic heterocycles. The molecule has 0 aliphatic rings. The molecule has 78 valence electrons. The first-order valence-corrected chi connectivity index (χ1v) is 5.75. The summed E-state index contributed by atoms with van der Waals surface area (Å²) in [6.07, 6.45) is 0. The van der Waals surface area contributed by atoms with Gasteiger partial charge < -0.3 is 9.84 Å². The molecule has 0 aliphatic carbocycles. The van der Waals surface area contributed by atoms with Gasteiger partial charge in [0.2, 0.25) is 5.88 Å². The average molecular weight is 241 g/mol. The quantitative estimate of drug-likeness (QED) is 0.897. The molecular formula is C9H7NO3S2. The minimum Gasteiger partial charge on any atom is -0.480 e. The second-order valence-electron chi connectivity index (χ2n) is 2.71. The van der Waals surface area contributed by atoms with Gasteiger partial charge >= 0.3 is 5.97 Å². The SMILES string of the molecule is COc1nscc1-c1ccsc1C(=O)O. The van der Waals surface area contributed by atoms with Gasteiger partial charge in [0.05, 0.1) is 12.7 Å². The van der Waals surface area contributed by atoms with Crippen LogP contribution in [0.4, 0.5) is 0 Å². The Morgan fingerprint density at radius 1 is 1.53 bits per heavy atom. The van der Waals surface area contributed by atoms with Crippen LogP contribution in [0, 0.1) is 0 Å². The molecule has 2 aromatic rings. The largest absolute Gasteiger partial charge is 0.480 e. The maximum atomic E-state index is 10.9. The molecule has 2 aromatic heterocycles. The number of rotatable bonds is 3. The number of aromatic nitrogens is 1. The van der Waals surface area contributed by atoms with Gasteiger partial charge in [-0.05, 0) is 23.0 Å². The fraction of sp³-hybridized carbons (Fsp3) is 0.111. The molecule has 0 radical (unpaired) electrons. The van der Waals surface area contributed by atoms with Crippen LogP contribution in [-0.2, 0) is 0 Å². The highest BCUT2D eigenvalue weighted by Gasteiger charge is 2.17. The van der Waals surface area contributed by atoms with Crippen LogP contribution in [0.5, 0.6) is 5.88 Å². The summed E-state index contributed by atoms with van der Waals surface area (Å²) in [4.78, 5) is 11.2. The summed E-state index contributed by atoms with van der Waals surface area (Å²) >= 11 is 2.44. The minimum absolute atomic E-state index is 0.313. The third kappa shape index (κ3) is 1.73. The number of carbonyl (C=O) groups is 1. The first-order chi connectivity index (χ1) is 7.24. The Kier molecular flexibility index (Phi) is 2.70. The molecule has 1 N–H and O–H groups in total. The maximum absolute atomic E-state index is 10.9. The van der Waals surface area contributed by atoms with Crippen LogP contribution in [0.1, 0.15) is 9.67 Å². The topological polar surface area (TPSA) is 59.4 Å². The van der Waals surface area contributed by atoms with Crippen LogP contribution in [0.15, 0.2) is 16.8 Å². The first kappa shape index (κ1) is 10.1. The zero-order valence-corrected chi connectivity index (χ0v) is 9.39. The molecule has 2 rings (SSSR count). The summed E-state index contributed by atoms with van der Waals surface area (Å²) in [5.41, 5.74) is 1.40. The van der Waals surface area contributed by atoms with Crippen LogP contribution in [0.2, 0.25) is 0 Å². The maximum Gasteiger partial charge on any atom is 0.346 e. The monoisotopic (exact) mass is 241 g/mol. The highest BCUT2D eigenvalue weighted by Crippen LogP contribution is 2.35. The van der Waals surface area contributed by atoms with Crippen LogP contribution in [0.3, 0.4) is 0 Å².